The molecule has 0 radical (unpaired) electrons. The van der Waals surface area contributed by atoms with Gasteiger partial charge in [0, 0.05) is 13.0 Å². The molecule has 0 bridgehead atoms. The van der Waals surface area contributed by atoms with Crippen molar-refractivity contribution in [3.8, 4) is 16.9 Å². The molecular formula is C34H32O5. The van der Waals surface area contributed by atoms with Gasteiger partial charge in [-0.2, -0.15) is 0 Å². The van der Waals surface area contributed by atoms with Crippen LogP contribution in [-0.2, 0) is 20.7 Å². The molecule has 5 heteroatoms. The van der Waals surface area contributed by atoms with E-state index in [9.17, 15) is 9.90 Å². The highest BCUT2D eigenvalue weighted by molar-refractivity contribution is 5.78. The van der Waals surface area contributed by atoms with E-state index >= 15 is 0 Å². The Hall–Kier alpha value is -4.19. The molecule has 5 rings (SSSR count). The molecule has 2 atom stereocenters. The van der Waals surface area contributed by atoms with E-state index in [1.807, 2.05) is 42.5 Å². The number of rotatable bonds is 11. The fourth-order valence-corrected chi connectivity index (χ4v) is 4.87. The van der Waals surface area contributed by atoms with Gasteiger partial charge in [-0.3, -0.25) is 0 Å². The Balaban J connectivity index is 1.28. The standard InChI is InChI=1S/C34H32O5/c1-2-37-32(34(35)36)22-24-12-18-29(19-13-24)38-20-21-39-33-30-11-7-6-10-26(30)14-15-27-16-17-28(23-31(27)33)25-8-4-3-5-9-25/h3-19,23,32-33H,2,20-22H2,1H3,(H,35,36). The predicted molar refractivity (Wildman–Crippen MR) is 154 cm³/mol. The van der Waals surface area contributed by atoms with E-state index < -0.39 is 12.1 Å². The van der Waals surface area contributed by atoms with Crippen LogP contribution < -0.4 is 4.74 Å². The van der Waals surface area contributed by atoms with Gasteiger partial charge in [0.15, 0.2) is 6.10 Å². The SMILES string of the molecule is CCOC(Cc1ccc(OCCOC2c3ccccc3C=Cc3ccc(-c4ccccc4)cc32)cc1)C(=O)O. The van der Waals surface area contributed by atoms with Crippen molar-refractivity contribution >= 4 is 18.1 Å². The Kier molecular flexibility index (Phi) is 8.51. The number of ether oxygens (including phenoxy) is 3. The maximum absolute atomic E-state index is 11.4. The monoisotopic (exact) mass is 520 g/mol. The number of carbonyl (C=O) groups is 1. The first kappa shape index (κ1) is 26.4. The topological polar surface area (TPSA) is 65.0 Å². The van der Waals surface area contributed by atoms with Gasteiger partial charge in [0.2, 0.25) is 0 Å². The van der Waals surface area contributed by atoms with Crippen LogP contribution in [0.3, 0.4) is 0 Å². The number of carboxylic acid groups (broad SMARTS) is 1. The quantitative estimate of drug-likeness (QED) is 0.215. The summed E-state index contributed by atoms with van der Waals surface area (Å²) in [6.45, 7) is 2.94. The van der Waals surface area contributed by atoms with Crippen molar-refractivity contribution in [1.29, 1.82) is 0 Å². The van der Waals surface area contributed by atoms with Crippen molar-refractivity contribution in [3.05, 3.63) is 125 Å². The summed E-state index contributed by atoms with van der Waals surface area (Å²) in [6, 6.07) is 32.7. The van der Waals surface area contributed by atoms with E-state index in [0.29, 0.717) is 32.0 Å². The van der Waals surface area contributed by atoms with Crippen LogP contribution in [0.15, 0.2) is 97.1 Å². The van der Waals surface area contributed by atoms with Gasteiger partial charge in [-0.15, -0.1) is 0 Å². The predicted octanol–water partition coefficient (Wildman–Crippen LogP) is 7.05. The van der Waals surface area contributed by atoms with Gasteiger partial charge in [0.1, 0.15) is 18.5 Å². The molecule has 2 unspecified atom stereocenters. The fourth-order valence-electron chi connectivity index (χ4n) is 4.87. The molecule has 1 N–H and O–H groups in total. The van der Waals surface area contributed by atoms with E-state index in [4.69, 9.17) is 14.2 Å². The summed E-state index contributed by atoms with van der Waals surface area (Å²) in [6.07, 6.45) is 3.54. The first-order chi connectivity index (χ1) is 19.1. The lowest BCUT2D eigenvalue weighted by molar-refractivity contribution is -0.149. The zero-order chi connectivity index (χ0) is 27.0. The minimum Gasteiger partial charge on any atom is -0.491 e. The molecule has 0 spiro atoms. The van der Waals surface area contributed by atoms with Crippen LogP contribution in [0.5, 0.6) is 5.75 Å². The lowest BCUT2D eigenvalue weighted by atomic mass is 9.93. The van der Waals surface area contributed by atoms with E-state index in [0.717, 1.165) is 33.4 Å². The molecular weight excluding hydrogens is 488 g/mol. The fraction of sp³-hybridized carbons (Fsp3) is 0.206. The van der Waals surface area contributed by atoms with Crippen LogP contribution in [-0.4, -0.2) is 37.0 Å². The van der Waals surface area contributed by atoms with Gasteiger partial charge in [0.05, 0.1) is 6.61 Å². The van der Waals surface area contributed by atoms with E-state index in [-0.39, 0.29) is 6.10 Å². The maximum Gasteiger partial charge on any atom is 0.333 e. The molecule has 0 saturated heterocycles. The third kappa shape index (κ3) is 6.45. The highest BCUT2D eigenvalue weighted by Gasteiger charge is 2.23. The van der Waals surface area contributed by atoms with Gasteiger partial charge in [-0.05, 0) is 64.1 Å². The summed E-state index contributed by atoms with van der Waals surface area (Å²) in [5, 5.41) is 9.32. The zero-order valence-electron chi connectivity index (χ0n) is 22.0. The summed E-state index contributed by atoms with van der Waals surface area (Å²) in [5.41, 5.74) is 7.74. The van der Waals surface area contributed by atoms with Gasteiger partial charge >= 0.3 is 5.97 Å². The number of hydrogen-bond donors (Lipinski definition) is 1. The Bertz CT molecular complexity index is 1430. The summed E-state index contributed by atoms with van der Waals surface area (Å²) in [4.78, 5) is 11.4. The summed E-state index contributed by atoms with van der Waals surface area (Å²) in [7, 11) is 0. The zero-order valence-corrected chi connectivity index (χ0v) is 22.0. The van der Waals surface area contributed by atoms with Crippen LogP contribution in [0.1, 0.15) is 40.8 Å². The molecule has 4 aromatic carbocycles. The second-order valence-electron chi connectivity index (χ2n) is 9.40. The third-order valence-corrected chi connectivity index (χ3v) is 6.82. The molecule has 198 valence electrons. The number of fused-ring (bicyclic) bond motifs is 2. The maximum atomic E-state index is 11.4. The lowest BCUT2D eigenvalue weighted by Crippen LogP contribution is -2.26. The molecule has 4 aromatic rings. The number of carboxylic acids is 1. The summed E-state index contributed by atoms with van der Waals surface area (Å²) >= 11 is 0. The van der Waals surface area contributed by atoms with E-state index in [2.05, 4.69) is 66.7 Å². The second-order valence-corrected chi connectivity index (χ2v) is 9.40. The molecule has 0 amide bonds. The van der Waals surface area contributed by atoms with E-state index in [1.165, 1.54) is 5.56 Å². The highest BCUT2D eigenvalue weighted by atomic mass is 16.5. The molecule has 1 aliphatic carbocycles. The van der Waals surface area contributed by atoms with Crippen molar-refractivity contribution in [2.45, 2.75) is 25.6 Å². The Morgan fingerprint density at radius 2 is 1.51 bits per heavy atom. The smallest absolute Gasteiger partial charge is 0.333 e. The van der Waals surface area contributed by atoms with Gasteiger partial charge in [0.25, 0.3) is 0 Å². The molecule has 0 saturated carbocycles. The minimum atomic E-state index is -0.956. The van der Waals surface area contributed by atoms with Crippen molar-refractivity contribution in [2.24, 2.45) is 0 Å². The Morgan fingerprint density at radius 3 is 2.26 bits per heavy atom. The van der Waals surface area contributed by atoms with Crippen molar-refractivity contribution in [1.82, 2.24) is 0 Å². The van der Waals surface area contributed by atoms with Crippen LogP contribution in [0.4, 0.5) is 0 Å². The highest BCUT2D eigenvalue weighted by Crippen LogP contribution is 2.37. The second kappa shape index (κ2) is 12.6. The van der Waals surface area contributed by atoms with Gasteiger partial charge in [-0.1, -0.05) is 91.0 Å². The van der Waals surface area contributed by atoms with Gasteiger partial charge in [-0.25, -0.2) is 4.79 Å². The molecule has 39 heavy (non-hydrogen) atoms. The van der Waals surface area contributed by atoms with Gasteiger partial charge < -0.3 is 19.3 Å². The Labute approximate surface area is 229 Å². The van der Waals surface area contributed by atoms with Crippen molar-refractivity contribution in [3.63, 3.8) is 0 Å². The van der Waals surface area contributed by atoms with Crippen molar-refractivity contribution in [2.75, 3.05) is 19.8 Å². The van der Waals surface area contributed by atoms with Crippen LogP contribution >= 0.6 is 0 Å². The molecule has 0 heterocycles. The van der Waals surface area contributed by atoms with Crippen LogP contribution in [0, 0.1) is 0 Å². The number of hydrogen-bond acceptors (Lipinski definition) is 4. The Morgan fingerprint density at radius 1 is 0.795 bits per heavy atom. The number of benzene rings is 4. The summed E-state index contributed by atoms with van der Waals surface area (Å²) in [5.74, 6) is -0.248. The largest absolute Gasteiger partial charge is 0.491 e. The normalized spacial score (nSPS) is 14.6. The van der Waals surface area contributed by atoms with Crippen molar-refractivity contribution < 1.29 is 24.1 Å². The summed E-state index contributed by atoms with van der Waals surface area (Å²) < 4.78 is 17.8. The molecule has 1 aliphatic rings. The molecule has 0 fully saturated rings. The average Bonchev–Trinajstić information content (AvgIpc) is 3.12. The average molecular weight is 521 g/mol. The first-order valence-corrected chi connectivity index (χ1v) is 13.3. The van der Waals surface area contributed by atoms with E-state index in [1.54, 1.807) is 6.92 Å². The van der Waals surface area contributed by atoms with Crippen LogP contribution in [0.2, 0.25) is 0 Å². The van der Waals surface area contributed by atoms with Crippen LogP contribution in [0.25, 0.3) is 23.3 Å². The number of aliphatic carboxylic acids is 1. The molecule has 0 aromatic heterocycles. The minimum absolute atomic E-state index is 0.229. The first-order valence-electron chi connectivity index (χ1n) is 13.3. The third-order valence-electron chi connectivity index (χ3n) is 6.82. The molecule has 0 aliphatic heterocycles. The lowest BCUT2D eigenvalue weighted by Gasteiger charge is -2.22. The molecule has 5 nitrogen and oxygen atoms in total.